The van der Waals surface area contributed by atoms with Gasteiger partial charge >= 0.3 is 0 Å². The number of piperazine rings is 1. The summed E-state index contributed by atoms with van der Waals surface area (Å²) in [5.74, 6) is 0.691. The predicted molar refractivity (Wildman–Crippen MR) is 82.0 cm³/mol. The van der Waals surface area contributed by atoms with Gasteiger partial charge in [0.25, 0.3) is 0 Å². The topological polar surface area (TPSA) is 27.7 Å². The van der Waals surface area contributed by atoms with Crippen LogP contribution in [0.3, 0.4) is 0 Å². The minimum Gasteiger partial charge on any atom is -0.379 e. The van der Waals surface area contributed by atoms with Gasteiger partial charge in [0.15, 0.2) is 0 Å². The molecular weight excluding hydrogens is 250 g/mol. The zero-order valence-corrected chi connectivity index (χ0v) is 13.0. The molecule has 116 valence electrons. The van der Waals surface area contributed by atoms with Gasteiger partial charge in [0, 0.05) is 44.2 Å². The summed E-state index contributed by atoms with van der Waals surface area (Å²) in [4.78, 5) is 5.42. The van der Waals surface area contributed by atoms with Crippen LogP contribution in [0.25, 0.3) is 0 Å². The number of fused-ring (bicyclic) bond motifs is 1. The van der Waals surface area contributed by atoms with E-state index in [2.05, 4.69) is 22.0 Å². The fraction of sp³-hybridized carbons (Fsp3) is 1.00. The number of nitrogens with one attached hydrogen (secondary N) is 1. The molecule has 0 aromatic rings. The lowest BCUT2D eigenvalue weighted by Crippen LogP contribution is -2.56. The molecule has 0 saturated carbocycles. The van der Waals surface area contributed by atoms with Crippen molar-refractivity contribution >= 4 is 0 Å². The van der Waals surface area contributed by atoms with Gasteiger partial charge in [0.1, 0.15) is 0 Å². The lowest BCUT2D eigenvalue weighted by molar-refractivity contribution is 0.0393. The van der Waals surface area contributed by atoms with Gasteiger partial charge < -0.3 is 15.0 Å². The Hall–Kier alpha value is -0.160. The SMILES string of the molecule is CCCNC1COCC1CN1CCN2CCCCC2C1. The van der Waals surface area contributed by atoms with Crippen molar-refractivity contribution in [1.82, 2.24) is 15.1 Å². The third-order valence-corrected chi connectivity index (χ3v) is 5.27. The minimum atomic E-state index is 0.583. The Kier molecular flexibility index (Phi) is 5.32. The van der Waals surface area contributed by atoms with Crippen molar-refractivity contribution in [1.29, 1.82) is 0 Å². The van der Waals surface area contributed by atoms with E-state index in [9.17, 15) is 0 Å². The Morgan fingerprint density at radius 3 is 3.00 bits per heavy atom. The van der Waals surface area contributed by atoms with Crippen molar-refractivity contribution in [3.63, 3.8) is 0 Å². The first-order chi connectivity index (χ1) is 9.86. The average Bonchev–Trinajstić information content (AvgIpc) is 2.92. The smallest absolute Gasteiger partial charge is 0.0623 e. The summed E-state index contributed by atoms with van der Waals surface area (Å²) in [5, 5.41) is 3.67. The molecule has 3 fully saturated rings. The van der Waals surface area contributed by atoms with E-state index in [1.54, 1.807) is 0 Å². The van der Waals surface area contributed by atoms with Gasteiger partial charge in [-0.1, -0.05) is 13.3 Å². The van der Waals surface area contributed by atoms with Gasteiger partial charge in [-0.2, -0.15) is 0 Å². The van der Waals surface area contributed by atoms with Crippen molar-refractivity contribution in [3.8, 4) is 0 Å². The van der Waals surface area contributed by atoms with E-state index in [0.29, 0.717) is 12.0 Å². The summed E-state index contributed by atoms with van der Waals surface area (Å²) >= 11 is 0. The number of ether oxygens (including phenoxy) is 1. The van der Waals surface area contributed by atoms with Gasteiger partial charge in [-0.3, -0.25) is 4.90 Å². The first-order valence-corrected chi connectivity index (χ1v) is 8.64. The second-order valence-electron chi connectivity index (χ2n) is 6.80. The molecule has 0 spiro atoms. The van der Waals surface area contributed by atoms with Crippen LogP contribution in [0.1, 0.15) is 32.6 Å². The Bertz CT molecular complexity index is 299. The van der Waals surface area contributed by atoms with Crippen molar-refractivity contribution in [3.05, 3.63) is 0 Å². The maximum atomic E-state index is 5.72. The average molecular weight is 281 g/mol. The summed E-state index contributed by atoms with van der Waals surface area (Å²) in [6, 6.07) is 1.42. The van der Waals surface area contributed by atoms with E-state index >= 15 is 0 Å². The molecule has 3 unspecified atom stereocenters. The summed E-state index contributed by atoms with van der Waals surface area (Å²) in [7, 11) is 0. The van der Waals surface area contributed by atoms with Crippen molar-refractivity contribution in [2.75, 3.05) is 52.5 Å². The van der Waals surface area contributed by atoms with Crippen LogP contribution in [0, 0.1) is 5.92 Å². The molecule has 4 nitrogen and oxygen atoms in total. The Labute approximate surface area is 123 Å². The van der Waals surface area contributed by atoms with Crippen LogP contribution in [0.2, 0.25) is 0 Å². The molecule has 3 aliphatic rings. The summed E-state index contributed by atoms with van der Waals surface area (Å²) in [6.07, 6.45) is 5.47. The highest BCUT2D eigenvalue weighted by atomic mass is 16.5. The molecule has 0 aromatic heterocycles. The second kappa shape index (κ2) is 7.21. The van der Waals surface area contributed by atoms with Crippen molar-refractivity contribution in [2.45, 2.75) is 44.7 Å². The molecule has 0 bridgehead atoms. The van der Waals surface area contributed by atoms with Crippen LogP contribution in [0.5, 0.6) is 0 Å². The van der Waals surface area contributed by atoms with E-state index in [1.165, 1.54) is 58.4 Å². The van der Waals surface area contributed by atoms with Crippen LogP contribution < -0.4 is 5.32 Å². The Morgan fingerprint density at radius 2 is 2.10 bits per heavy atom. The summed E-state index contributed by atoms with van der Waals surface area (Å²) in [5.41, 5.74) is 0. The quantitative estimate of drug-likeness (QED) is 0.819. The summed E-state index contributed by atoms with van der Waals surface area (Å²) in [6.45, 7) is 11.6. The maximum absolute atomic E-state index is 5.72. The van der Waals surface area contributed by atoms with E-state index in [-0.39, 0.29) is 0 Å². The van der Waals surface area contributed by atoms with E-state index in [1.807, 2.05) is 0 Å². The van der Waals surface area contributed by atoms with Gasteiger partial charge in [-0.15, -0.1) is 0 Å². The van der Waals surface area contributed by atoms with Gasteiger partial charge in [-0.05, 0) is 32.4 Å². The molecule has 3 rings (SSSR count). The van der Waals surface area contributed by atoms with Crippen LogP contribution >= 0.6 is 0 Å². The number of hydrogen-bond donors (Lipinski definition) is 1. The highest BCUT2D eigenvalue weighted by Crippen LogP contribution is 2.23. The monoisotopic (exact) mass is 281 g/mol. The van der Waals surface area contributed by atoms with Crippen LogP contribution in [-0.4, -0.2) is 74.4 Å². The highest BCUT2D eigenvalue weighted by molar-refractivity contribution is 4.89. The zero-order valence-electron chi connectivity index (χ0n) is 13.0. The molecule has 3 aliphatic heterocycles. The van der Waals surface area contributed by atoms with E-state index in [4.69, 9.17) is 4.74 Å². The fourth-order valence-corrected chi connectivity index (χ4v) is 4.05. The molecule has 3 saturated heterocycles. The van der Waals surface area contributed by atoms with Crippen LogP contribution in [0.4, 0.5) is 0 Å². The highest BCUT2D eigenvalue weighted by Gasteiger charge is 2.33. The van der Waals surface area contributed by atoms with Crippen LogP contribution in [0.15, 0.2) is 0 Å². The van der Waals surface area contributed by atoms with Gasteiger partial charge in [0.05, 0.1) is 13.2 Å². The molecule has 0 radical (unpaired) electrons. The van der Waals surface area contributed by atoms with Crippen molar-refractivity contribution < 1.29 is 4.74 Å². The molecule has 20 heavy (non-hydrogen) atoms. The molecule has 0 aromatic carbocycles. The van der Waals surface area contributed by atoms with E-state index < -0.39 is 0 Å². The number of rotatable bonds is 5. The Morgan fingerprint density at radius 1 is 1.15 bits per heavy atom. The third-order valence-electron chi connectivity index (χ3n) is 5.27. The lowest BCUT2D eigenvalue weighted by atomic mass is 9.97. The fourth-order valence-electron chi connectivity index (χ4n) is 4.05. The normalized spacial score (nSPS) is 36.1. The standard InChI is InChI=1S/C16H31N3O/c1-2-6-17-16-13-20-12-14(16)10-18-8-9-19-7-4-3-5-15(19)11-18/h14-17H,2-13H2,1H3. The predicted octanol–water partition coefficient (Wildman–Crippen LogP) is 1.17. The molecule has 0 amide bonds. The number of hydrogen-bond acceptors (Lipinski definition) is 4. The molecule has 4 heteroatoms. The number of nitrogens with zero attached hydrogens (tertiary/aromatic N) is 2. The minimum absolute atomic E-state index is 0.583. The van der Waals surface area contributed by atoms with Gasteiger partial charge in [0.2, 0.25) is 0 Å². The largest absolute Gasteiger partial charge is 0.379 e. The zero-order chi connectivity index (χ0) is 13.8. The number of piperidine rings is 1. The molecular formula is C16H31N3O. The Balaban J connectivity index is 1.47. The molecule has 3 heterocycles. The van der Waals surface area contributed by atoms with Gasteiger partial charge in [-0.25, -0.2) is 0 Å². The maximum Gasteiger partial charge on any atom is 0.0623 e. The first-order valence-electron chi connectivity index (χ1n) is 8.64. The second-order valence-corrected chi connectivity index (χ2v) is 6.80. The molecule has 3 atom stereocenters. The van der Waals surface area contributed by atoms with Crippen LogP contribution in [-0.2, 0) is 4.74 Å². The van der Waals surface area contributed by atoms with E-state index in [0.717, 1.165) is 25.8 Å². The first kappa shape index (κ1) is 14.8. The third kappa shape index (κ3) is 3.53. The molecule has 1 N–H and O–H groups in total. The summed E-state index contributed by atoms with van der Waals surface area (Å²) < 4.78 is 5.72. The van der Waals surface area contributed by atoms with Crippen molar-refractivity contribution in [2.24, 2.45) is 5.92 Å². The molecule has 0 aliphatic carbocycles. The lowest BCUT2D eigenvalue weighted by Gasteiger charge is -2.44.